The van der Waals surface area contributed by atoms with Gasteiger partial charge in [0.25, 0.3) is 0 Å². The minimum Gasteiger partial charge on any atom is -0.326 e. The minimum absolute atomic E-state index is 0.0615. The van der Waals surface area contributed by atoms with Gasteiger partial charge in [0.1, 0.15) is 5.65 Å². The van der Waals surface area contributed by atoms with Gasteiger partial charge in [0.2, 0.25) is 15.9 Å². The van der Waals surface area contributed by atoms with Crippen molar-refractivity contribution in [2.24, 2.45) is 5.92 Å². The van der Waals surface area contributed by atoms with Crippen LogP contribution in [0.4, 0.5) is 5.69 Å². The number of rotatable bonds is 4. The normalized spacial score (nSPS) is 16.3. The number of fused-ring (bicyclic) bond motifs is 1. The third-order valence-corrected chi connectivity index (χ3v) is 6.41. The third kappa shape index (κ3) is 3.93. The lowest BCUT2D eigenvalue weighted by Gasteiger charge is -2.29. The van der Waals surface area contributed by atoms with Gasteiger partial charge < -0.3 is 9.72 Å². The average Bonchev–Trinajstić information content (AvgIpc) is 3.12. The molecule has 2 aromatic heterocycles. The fraction of sp³-hybridized carbons (Fsp3) is 0.300. The largest absolute Gasteiger partial charge is 0.326 e. The molecule has 0 aliphatic carbocycles. The molecule has 0 radical (unpaired) electrons. The second-order valence-corrected chi connectivity index (χ2v) is 9.08. The lowest BCUT2D eigenvalue weighted by atomic mass is 9.97. The fourth-order valence-electron chi connectivity index (χ4n) is 3.49. The molecular weight excluding hydrogens is 376 g/mol. The van der Waals surface area contributed by atoms with E-state index in [1.165, 1.54) is 10.6 Å². The molecule has 3 aromatic rings. The molecule has 1 fully saturated rings. The first kappa shape index (κ1) is 18.6. The molecule has 0 saturated carbocycles. The maximum Gasteiger partial charge on any atom is 0.227 e. The van der Waals surface area contributed by atoms with Crippen LogP contribution < -0.4 is 5.32 Å². The van der Waals surface area contributed by atoms with E-state index in [-0.39, 0.29) is 11.8 Å². The number of pyridine rings is 1. The molecule has 1 saturated heterocycles. The summed E-state index contributed by atoms with van der Waals surface area (Å²) in [7, 11) is -3.18. The van der Waals surface area contributed by atoms with Crippen LogP contribution in [-0.4, -0.2) is 47.4 Å². The first-order valence-corrected chi connectivity index (χ1v) is 11.1. The molecule has 0 unspecified atom stereocenters. The number of carbonyl (C=O) groups excluding carboxylic acids is 1. The van der Waals surface area contributed by atoms with Gasteiger partial charge in [-0.25, -0.2) is 17.7 Å². The number of hydrogen-bond acceptors (Lipinski definition) is 4. The molecule has 0 spiro atoms. The van der Waals surface area contributed by atoms with E-state index < -0.39 is 10.0 Å². The summed E-state index contributed by atoms with van der Waals surface area (Å²) in [5.41, 5.74) is 3.46. The van der Waals surface area contributed by atoms with Crippen molar-refractivity contribution in [1.29, 1.82) is 0 Å². The van der Waals surface area contributed by atoms with E-state index in [0.29, 0.717) is 25.9 Å². The van der Waals surface area contributed by atoms with Gasteiger partial charge in [0.15, 0.2) is 0 Å². The predicted molar refractivity (Wildman–Crippen MR) is 108 cm³/mol. The molecular formula is C20H22N4O3S. The second kappa shape index (κ2) is 7.37. The van der Waals surface area contributed by atoms with Crippen LogP contribution in [0.2, 0.25) is 0 Å². The Morgan fingerprint density at radius 2 is 1.82 bits per heavy atom. The zero-order valence-corrected chi connectivity index (χ0v) is 16.4. The number of sulfonamides is 1. The molecule has 1 amide bonds. The molecule has 4 rings (SSSR count). The summed E-state index contributed by atoms with van der Waals surface area (Å²) in [5.74, 6) is -0.232. The Morgan fingerprint density at radius 3 is 2.46 bits per heavy atom. The lowest BCUT2D eigenvalue weighted by molar-refractivity contribution is -0.120. The molecule has 28 heavy (non-hydrogen) atoms. The summed E-state index contributed by atoms with van der Waals surface area (Å²) < 4.78 is 26.6. The topological polar surface area (TPSA) is 83.8 Å². The van der Waals surface area contributed by atoms with E-state index in [1.807, 2.05) is 59.3 Å². The Balaban J connectivity index is 1.40. The van der Waals surface area contributed by atoms with Crippen molar-refractivity contribution < 1.29 is 13.2 Å². The summed E-state index contributed by atoms with van der Waals surface area (Å²) in [4.78, 5) is 17.1. The van der Waals surface area contributed by atoms with Crippen molar-refractivity contribution in [2.45, 2.75) is 12.8 Å². The smallest absolute Gasteiger partial charge is 0.227 e. The number of hydrogen-bond donors (Lipinski definition) is 1. The Hall–Kier alpha value is -2.71. The minimum atomic E-state index is -3.18. The van der Waals surface area contributed by atoms with Crippen LogP contribution in [0.1, 0.15) is 12.8 Å². The van der Waals surface area contributed by atoms with Crippen molar-refractivity contribution in [3.05, 3.63) is 54.9 Å². The summed E-state index contributed by atoms with van der Waals surface area (Å²) in [6, 6.07) is 13.5. The summed E-state index contributed by atoms with van der Waals surface area (Å²) >= 11 is 0. The van der Waals surface area contributed by atoms with Crippen LogP contribution >= 0.6 is 0 Å². The van der Waals surface area contributed by atoms with E-state index in [4.69, 9.17) is 0 Å². The number of piperidine rings is 1. The van der Waals surface area contributed by atoms with Gasteiger partial charge in [0.05, 0.1) is 11.9 Å². The van der Waals surface area contributed by atoms with Gasteiger partial charge in [-0.3, -0.25) is 4.79 Å². The molecule has 1 aliphatic rings. The number of anilines is 1. The first-order chi connectivity index (χ1) is 13.4. The zero-order chi connectivity index (χ0) is 19.7. The number of benzene rings is 1. The van der Waals surface area contributed by atoms with E-state index in [0.717, 1.165) is 22.6 Å². The van der Waals surface area contributed by atoms with E-state index in [1.54, 1.807) is 0 Å². The first-order valence-electron chi connectivity index (χ1n) is 9.20. The highest BCUT2D eigenvalue weighted by molar-refractivity contribution is 7.88. The van der Waals surface area contributed by atoms with Crippen LogP contribution in [0.15, 0.2) is 54.9 Å². The van der Waals surface area contributed by atoms with Crippen molar-refractivity contribution in [3.8, 4) is 11.3 Å². The molecule has 0 atom stereocenters. The zero-order valence-electron chi connectivity index (χ0n) is 15.6. The average molecular weight is 398 g/mol. The Morgan fingerprint density at radius 1 is 1.11 bits per heavy atom. The highest BCUT2D eigenvalue weighted by Crippen LogP contribution is 2.24. The lowest BCUT2D eigenvalue weighted by Crippen LogP contribution is -2.40. The number of amides is 1. The molecule has 8 heteroatoms. The monoisotopic (exact) mass is 398 g/mol. The number of aromatic nitrogens is 2. The number of nitrogens with one attached hydrogen (secondary N) is 1. The molecule has 0 bridgehead atoms. The van der Waals surface area contributed by atoms with Gasteiger partial charge in [-0.1, -0.05) is 18.2 Å². The van der Waals surface area contributed by atoms with Crippen LogP contribution in [0.5, 0.6) is 0 Å². The van der Waals surface area contributed by atoms with E-state index in [9.17, 15) is 13.2 Å². The van der Waals surface area contributed by atoms with Gasteiger partial charge >= 0.3 is 0 Å². The molecule has 1 N–H and O–H groups in total. The van der Waals surface area contributed by atoms with Crippen molar-refractivity contribution in [3.63, 3.8) is 0 Å². The van der Waals surface area contributed by atoms with E-state index in [2.05, 4.69) is 10.3 Å². The van der Waals surface area contributed by atoms with Crippen molar-refractivity contribution >= 4 is 27.3 Å². The molecule has 146 valence electrons. The van der Waals surface area contributed by atoms with Gasteiger partial charge in [-0.05, 0) is 37.1 Å². The fourth-order valence-corrected chi connectivity index (χ4v) is 4.37. The van der Waals surface area contributed by atoms with Crippen LogP contribution in [-0.2, 0) is 14.8 Å². The molecule has 7 nitrogen and oxygen atoms in total. The highest BCUT2D eigenvalue weighted by atomic mass is 32.2. The number of carbonyl (C=O) groups is 1. The maximum absolute atomic E-state index is 12.5. The quantitative estimate of drug-likeness (QED) is 0.732. The van der Waals surface area contributed by atoms with Crippen molar-refractivity contribution in [1.82, 2.24) is 13.7 Å². The number of nitrogens with zero attached hydrogens (tertiary/aromatic N) is 3. The molecule has 1 aliphatic heterocycles. The predicted octanol–water partition coefficient (Wildman–Crippen LogP) is 2.61. The summed E-state index contributed by atoms with van der Waals surface area (Å²) in [5, 5.41) is 2.94. The SMILES string of the molecule is CS(=O)(=O)N1CCC(C(=O)Nc2ccc(-c3cn4ccccc4n3)cc2)CC1. The van der Waals surface area contributed by atoms with E-state index >= 15 is 0 Å². The molecule has 3 heterocycles. The summed E-state index contributed by atoms with van der Waals surface area (Å²) in [6.45, 7) is 0.785. The Labute approximate surface area is 164 Å². The standard InChI is InChI=1S/C20H22N4O3S/c1-28(26,27)24-12-9-16(10-13-24)20(25)21-17-7-5-15(6-8-17)18-14-23-11-3-2-4-19(23)22-18/h2-8,11,14,16H,9-10,12-13H2,1H3,(H,21,25). The summed E-state index contributed by atoms with van der Waals surface area (Å²) in [6.07, 6.45) is 6.21. The van der Waals surface area contributed by atoms with Gasteiger partial charge in [0, 0.05) is 42.7 Å². The van der Waals surface area contributed by atoms with Crippen LogP contribution in [0.3, 0.4) is 0 Å². The highest BCUT2D eigenvalue weighted by Gasteiger charge is 2.28. The second-order valence-electron chi connectivity index (χ2n) is 7.10. The third-order valence-electron chi connectivity index (χ3n) is 5.11. The van der Waals surface area contributed by atoms with Gasteiger partial charge in [-0.15, -0.1) is 0 Å². The molecule has 1 aromatic carbocycles. The van der Waals surface area contributed by atoms with Crippen molar-refractivity contribution in [2.75, 3.05) is 24.7 Å². The Kier molecular flexibility index (Phi) is 4.91. The van der Waals surface area contributed by atoms with Crippen LogP contribution in [0, 0.1) is 5.92 Å². The maximum atomic E-state index is 12.5. The Bertz CT molecular complexity index is 1060. The van der Waals surface area contributed by atoms with Gasteiger partial charge in [-0.2, -0.15) is 0 Å². The number of imidazole rings is 1. The van der Waals surface area contributed by atoms with Crippen LogP contribution in [0.25, 0.3) is 16.9 Å².